The number of fused-ring (bicyclic) bond motifs is 1. The second-order valence-electron chi connectivity index (χ2n) is 8.27. The molecule has 5 rings (SSSR count). The van der Waals surface area contributed by atoms with Crippen molar-refractivity contribution in [3.63, 3.8) is 0 Å². The molecule has 1 aliphatic heterocycles. The molecule has 176 valence electrons. The number of hydrogen-bond donors (Lipinski definition) is 1. The number of nitrogens with zero attached hydrogens (tertiary/aromatic N) is 5. The molecule has 0 atom stereocenters. The Balaban J connectivity index is 0.00000126. The molecule has 0 radical (unpaired) electrons. The van der Waals surface area contributed by atoms with Gasteiger partial charge in [0, 0.05) is 43.8 Å². The van der Waals surface area contributed by atoms with E-state index in [1.807, 2.05) is 26.1 Å². The van der Waals surface area contributed by atoms with Crippen molar-refractivity contribution in [3.05, 3.63) is 42.4 Å². The standard InChI is InChI=1S/C23H28N6O2.C2H6/c1-16-13-19-20(26-15-16)14-21(29-9-11-30-12-10-29)28-22(19)31-18-5-3-17(4-6-18)27-23-24-7-2-8-25-23;1-2/h2,7-8,13-15,17-18H,3-6,9-12H2,1H3,(H,24,25,27);1-2H3. The van der Waals surface area contributed by atoms with Crippen LogP contribution in [0.3, 0.4) is 0 Å². The Hall–Kier alpha value is -3.00. The van der Waals surface area contributed by atoms with Gasteiger partial charge in [-0.2, -0.15) is 4.98 Å². The van der Waals surface area contributed by atoms with Gasteiger partial charge in [0.2, 0.25) is 11.8 Å². The van der Waals surface area contributed by atoms with Crippen LogP contribution in [0.15, 0.2) is 36.8 Å². The van der Waals surface area contributed by atoms with Gasteiger partial charge in [-0.25, -0.2) is 9.97 Å². The van der Waals surface area contributed by atoms with E-state index >= 15 is 0 Å². The first kappa shape index (κ1) is 23.2. The highest BCUT2D eigenvalue weighted by Gasteiger charge is 2.25. The Kier molecular flexibility index (Phi) is 7.88. The zero-order valence-electron chi connectivity index (χ0n) is 19.8. The Morgan fingerprint density at radius 3 is 2.45 bits per heavy atom. The Labute approximate surface area is 195 Å². The smallest absolute Gasteiger partial charge is 0.225 e. The molecule has 2 fully saturated rings. The fraction of sp³-hybridized carbons (Fsp3) is 0.520. The van der Waals surface area contributed by atoms with Crippen molar-refractivity contribution in [3.8, 4) is 5.88 Å². The number of aryl methyl sites for hydroxylation is 1. The van der Waals surface area contributed by atoms with Crippen molar-refractivity contribution in [2.45, 2.75) is 58.6 Å². The zero-order valence-corrected chi connectivity index (χ0v) is 19.8. The maximum Gasteiger partial charge on any atom is 0.225 e. The monoisotopic (exact) mass is 450 g/mol. The molecule has 3 aromatic rings. The molecule has 0 unspecified atom stereocenters. The summed E-state index contributed by atoms with van der Waals surface area (Å²) in [6.07, 6.45) is 9.53. The molecule has 0 aromatic carbocycles. The average Bonchev–Trinajstić information content (AvgIpc) is 2.88. The number of ether oxygens (including phenoxy) is 2. The minimum atomic E-state index is 0.144. The highest BCUT2D eigenvalue weighted by atomic mass is 16.5. The first-order chi connectivity index (χ1) is 16.2. The van der Waals surface area contributed by atoms with Crippen LogP contribution < -0.4 is 15.0 Å². The van der Waals surface area contributed by atoms with Gasteiger partial charge in [0.1, 0.15) is 11.9 Å². The van der Waals surface area contributed by atoms with E-state index in [-0.39, 0.29) is 6.10 Å². The predicted molar refractivity (Wildman–Crippen MR) is 131 cm³/mol. The Morgan fingerprint density at radius 2 is 1.73 bits per heavy atom. The Bertz CT molecular complexity index is 1020. The number of aromatic nitrogens is 4. The third kappa shape index (κ3) is 5.87. The first-order valence-electron chi connectivity index (χ1n) is 12.0. The number of anilines is 2. The maximum atomic E-state index is 6.49. The number of morpholine rings is 1. The van der Waals surface area contributed by atoms with E-state index < -0.39 is 0 Å². The third-order valence-corrected chi connectivity index (χ3v) is 5.95. The van der Waals surface area contributed by atoms with Crippen LogP contribution in [0, 0.1) is 6.92 Å². The number of rotatable bonds is 5. The van der Waals surface area contributed by atoms with Gasteiger partial charge >= 0.3 is 0 Å². The number of nitrogens with one attached hydrogen (secondary N) is 1. The largest absolute Gasteiger partial charge is 0.474 e. The quantitative estimate of drug-likeness (QED) is 0.612. The second-order valence-corrected chi connectivity index (χ2v) is 8.27. The molecule has 33 heavy (non-hydrogen) atoms. The van der Waals surface area contributed by atoms with Gasteiger partial charge in [0.25, 0.3) is 0 Å². The van der Waals surface area contributed by atoms with Crippen LogP contribution in [-0.2, 0) is 4.74 Å². The summed E-state index contributed by atoms with van der Waals surface area (Å²) in [5.74, 6) is 2.30. The highest BCUT2D eigenvalue weighted by Crippen LogP contribution is 2.31. The number of pyridine rings is 2. The van der Waals surface area contributed by atoms with E-state index in [1.165, 1.54) is 0 Å². The minimum Gasteiger partial charge on any atom is -0.474 e. The van der Waals surface area contributed by atoms with Crippen molar-refractivity contribution in [2.24, 2.45) is 0 Å². The molecule has 8 nitrogen and oxygen atoms in total. The summed E-state index contributed by atoms with van der Waals surface area (Å²) < 4.78 is 12.0. The summed E-state index contributed by atoms with van der Waals surface area (Å²) in [6.45, 7) is 9.16. The van der Waals surface area contributed by atoms with E-state index in [9.17, 15) is 0 Å². The van der Waals surface area contributed by atoms with Gasteiger partial charge in [-0.1, -0.05) is 13.8 Å². The van der Waals surface area contributed by atoms with Crippen molar-refractivity contribution in [2.75, 3.05) is 36.5 Å². The molecule has 0 amide bonds. The SMILES string of the molecule is CC.Cc1cnc2cc(N3CCOCC3)nc(OC3CCC(Nc4ncccn4)CC3)c2c1. The zero-order chi connectivity index (χ0) is 23.0. The summed E-state index contributed by atoms with van der Waals surface area (Å²) in [5.41, 5.74) is 2.03. The van der Waals surface area contributed by atoms with Crippen LogP contribution in [0.1, 0.15) is 45.1 Å². The molecule has 0 spiro atoms. The van der Waals surface area contributed by atoms with Gasteiger partial charge < -0.3 is 19.7 Å². The summed E-state index contributed by atoms with van der Waals surface area (Å²) in [6, 6.07) is 6.38. The van der Waals surface area contributed by atoms with E-state index in [2.05, 4.69) is 44.2 Å². The van der Waals surface area contributed by atoms with Crippen molar-refractivity contribution in [1.82, 2.24) is 19.9 Å². The maximum absolute atomic E-state index is 6.49. The Morgan fingerprint density at radius 1 is 1.00 bits per heavy atom. The van der Waals surface area contributed by atoms with Gasteiger partial charge in [0.05, 0.1) is 24.1 Å². The lowest BCUT2D eigenvalue weighted by atomic mass is 9.93. The van der Waals surface area contributed by atoms with Crippen molar-refractivity contribution < 1.29 is 9.47 Å². The molecule has 1 saturated carbocycles. The van der Waals surface area contributed by atoms with Gasteiger partial charge in [-0.3, -0.25) is 4.98 Å². The lowest BCUT2D eigenvalue weighted by Crippen LogP contribution is -2.37. The average molecular weight is 451 g/mol. The molecule has 8 heteroatoms. The molecule has 1 aliphatic carbocycles. The number of hydrogen-bond acceptors (Lipinski definition) is 8. The van der Waals surface area contributed by atoms with E-state index in [1.54, 1.807) is 12.4 Å². The normalized spacial score (nSPS) is 20.6. The van der Waals surface area contributed by atoms with Crippen LogP contribution in [0.25, 0.3) is 10.9 Å². The summed E-state index contributed by atoms with van der Waals surface area (Å²) in [4.78, 5) is 20.4. The molecule has 3 aromatic heterocycles. The van der Waals surface area contributed by atoms with Crippen molar-refractivity contribution >= 4 is 22.7 Å². The van der Waals surface area contributed by atoms with Crippen molar-refractivity contribution in [1.29, 1.82) is 0 Å². The summed E-state index contributed by atoms with van der Waals surface area (Å²) in [5, 5.41) is 4.41. The van der Waals surface area contributed by atoms with Crippen LogP contribution in [0.5, 0.6) is 5.88 Å². The molecular weight excluding hydrogens is 416 g/mol. The lowest BCUT2D eigenvalue weighted by molar-refractivity contribution is 0.122. The van der Waals surface area contributed by atoms with Crippen LogP contribution >= 0.6 is 0 Å². The fourth-order valence-electron chi connectivity index (χ4n) is 4.27. The van der Waals surface area contributed by atoms with E-state index in [0.29, 0.717) is 17.9 Å². The third-order valence-electron chi connectivity index (χ3n) is 5.95. The van der Waals surface area contributed by atoms with Crippen LogP contribution in [0.2, 0.25) is 0 Å². The van der Waals surface area contributed by atoms with Gasteiger partial charge in [-0.05, 0) is 50.3 Å². The first-order valence-corrected chi connectivity index (χ1v) is 12.0. The molecular formula is C25H34N6O2. The minimum absolute atomic E-state index is 0.144. The second kappa shape index (κ2) is 11.2. The molecule has 1 saturated heterocycles. The van der Waals surface area contributed by atoms with Crippen LogP contribution in [0.4, 0.5) is 11.8 Å². The highest BCUT2D eigenvalue weighted by molar-refractivity contribution is 5.86. The molecule has 1 N–H and O–H groups in total. The summed E-state index contributed by atoms with van der Waals surface area (Å²) >= 11 is 0. The van der Waals surface area contributed by atoms with Gasteiger partial charge in [-0.15, -0.1) is 0 Å². The lowest BCUT2D eigenvalue weighted by Gasteiger charge is -2.31. The van der Waals surface area contributed by atoms with E-state index in [4.69, 9.17) is 14.5 Å². The van der Waals surface area contributed by atoms with Crippen LogP contribution in [-0.4, -0.2) is 58.4 Å². The topological polar surface area (TPSA) is 85.3 Å². The molecule has 0 bridgehead atoms. The van der Waals surface area contributed by atoms with E-state index in [0.717, 1.165) is 74.3 Å². The predicted octanol–water partition coefficient (Wildman–Crippen LogP) is 4.39. The molecule has 4 heterocycles. The van der Waals surface area contributed by atoms with Gasteiger partial charge in [0.15, 0.2) is 0 Å². The fourth-order valence-corrected chi connectivity index (χ4v) is 4.27. The molecule has 2 aliphatic rings. The summed E-state index contributed by atoms with van der Waals surface area (Å²) in [7, 11) is 0.